The van der Waals surface area contributed by atoms with E-state index in [0.29, 0.717) is 13.1 Å². The molecular formula is C27H29FN6O. The number of anilines is 2. The summed E-state index contributed by atoms with van der Waals surface area (Å²) in [5.41, 5.74) is 4.68. The van der Waals surface area contributed by atoms with Crippen molar-refractivity contribution in [3.05, 3.63) is 78.4 Å². The number of hydrogen-bond acceptors (Lipinski definition) is 5. The van der Waals surface area contributed by atoms with Crippen LogP contribution in [0, 0.1) is 11.7 Å². The van der Waals surface area contributed by atoms with Gasteiger partial charge in [-0.3, -0.25) is 4.79 Å². The number of rotatable bonds is 6. The average molecular weight is 473 g/mol. The van der Waals surface area contributed by atoms with Crippen LogP contribution >= 0.6 is 0 Å². The predicted molar refractivity (Wildman–Crippen MR) is 136 cm³/mol. The van der Waals surface area contributed by atoms with Crippen molar-refractivity contribution in [2.24, 2.45) is 5.92 Å². The van der Waals surface area contributed by atoms with Crippen LogP contribution < -0.4 is 15.1 Å². The molecule has 2 aromatic heterocycles. The number of fused-ring (bicyclic) bond motifs is 1. The number of halogens is 1. The molecule has 1 aliphatic heterocycles. The van der Waals surface area contributed by atoms with Crippen molar-refractivity contribution in [3.63, 3.8) is 0 Å². The summed E-state index contributed by atoms with van der Waals surface area (Å²) in [5.74, 6) is 0.499. The Bertz CT molecular complexity index is 1320. The molecule has 1 amide bonds. The van der Waals surface area contributed by atoms with E-state index in [-0.39, 0.29) is 17.6 Å². The molecule has 0 saturated carbocycles. The smallest absolute Gasteiger partial charge is 0.225 e. The van der Waals surface area contributed by atoms with E-state index in [1.54, 1.807) is 22.8 Å². The summed E-state index contributed by atoms with van der Waals surface area (Å²) in [6.07, 6.45) is 5.30. The molecule has 1 fully saturated rings. The Labute approximate surface area is 204 Å². The molecule has 8 heteroatoms. The molecule has 3 heterocycles. The highest BCUT2D eigenvalue weighted by molar-refractivity contribution is 5.81. The van der Waals surface area contributed by atoms with Gasteiger partial charge in [0.05, 0.1) is 11.6 Å². The molecule has 180 valence electrons. The highest BCUT2D eigenvalue weighted by atomic mass is 19.1. The van der Waals surface area contributed by atoms with Crippen molar-refractivity contribution in [1.82, 2.24) is 19.9 Å². The van der Waals surface area contributed by atoms with Gasteiger partial charge in [-0.1, -0.05) is 12.1 Å². The van der Waals surface area contributed by atoms with Crippen LogP contribution in [0.3, 0.4) is 0 Å². The van der Waals surface area contributed by atoms with E-state index in [1.165, 1.54) is 12.1 Å². The minimum absolute atomic E-state index is 0.0684. The SMILES string of the molecule is CN(C)c1ccc(CNC(=O)[C@@H]2CCCN(c3nccn4nc(-c5ccc(F)cc5)cc34)C2)cc1. The topological polar surface area (TPSA) is 65.8 Å². The first-order chi connectivity index (χ1) is 17.0. The fourth-order valence-corrected chi connectivity index (χ4v) is 4.54. The summed E-state index contributed by atoms with van der Waals surface area (Å²) in [6, 6.07) is 16.5. The van der Waals surface area contributed by atoms with Crippen LogP contribution in [0.5, 0.6) is 0 Å². The Morgan fingerprint density at radius 2 is 1.91 bits per heavy atom. The first-order valence-electron chi connectivity index (χ1n) is 11.9. The molecule has 5 rings (SSSR count). The van der Waals surface area contributed by atoms with Crippen LogP contribution in [0.2, 0.25) is 0 Å². The van der Waals surface area contributed by atoms with Crippen molar-refractivity contribution < 1.29 is 9.18 Å². The zero-order valence-electron chi connectivity index (χ0n) is 20.0. The van der Waals surface area contributed by atoms with Gasteiger partial charge < -0.3 is 15.1 Å². The normalized spacial score (nSPS) is 15.9. The first kappa shape index (κ1) is 22.8. The number of piperidine rings is 1. The van der Waals surface area contributed by atoms with Crippen molar-refractivity contribution in [2.45, 2.75) is 19.4 Å². The summed E-state index contributed by atoms with van der Waals surface area (Å²) in [4.78, 5) is 21.8. The third-order valence-electron chi connectivity index (χ3n) is 6.52. The maximum atomic E-state index is 13.3. The molecule has 0 spiro atoms. The Morgan fingerprint density at radius 1 is 1.14 bits per heavy atom. The number of amides is 1. The lowest BCUT2D eigenvalue weighted by molar-refractivity contribution is -0.125. The van der Waals surface area contributed by atoms with Crippen molar-refractivity contribution in [3.8, 4) is 11.3 Å². The predicted octanol–water partition coefficient (Wildman–Crippen LogP) is 4.13. The van der Waals surface area contributed by atoms with Crippen molar-refractivity contribution in [1.29, 1.82) is 0 Å². The van der Waals surface area contributed by atoms with Gasteiger partial charge in [0.1, 0.15) is 11.3 Å². The van der Waals surface area contributed by atoms with Crippen molar-refractivity contribution >= 4 is 22.9 Å². The van der Waals surface area contributed by atoms with E-state index in [4.69, 9.17) is 0 Å². The molecule has 2 aromatic carbocycles. The van der Waals surface area contributed by atoms with Crippen LogP contribution in [0.1, 0.15) is 18.4 Å². The molecule has 0 aliphatic carbocycles. The van der Waals surface area contributed by atoms with Gasteiger partial charge in [-0.2, -0.15) is 5.10 Å². The van der Waals surface area contributed by atoms with Gasteiger partial charge in [0.15, 0.2) is 5.82 Å². The highest BCUT2D eigenvalue weighted by Gasteiger charge is 2.27. The number of carbonyl (C=O) groups is 1. The molecule has 4 aromatic rings. The molecular weight excluding hydrogens is 443 g/mol. The average Bonchev–Trinajstić information content (AvgIpc) is 3.32. The number of hydrogen-bond donors (Lipinski definition) is 1. The molecule has 35 heavy (non-hydrogen) atoms. The summed E-state index contributed by atoms with van der Waals surface area (Å²) in [5, 5.41) is 7.76. The van der Waals surface area contributed by atoms with Gasteiger partial charge in [0, 0.05) is 57.4 Å². The quantitative estimate of drug-likeness (QED) is 0.457. The third kappa shape index (κ3) is 4.96. The Morgan fingerprint density at radius 3 is 2.66 bits per heavy atom. The summed E-state index contributed by atoms with van der Waals surface area (Å²) in [6.45, 7) is 1.95. The lowest BCUT2D eigenvalue weighted by Crippen LogP contribution is -2.43. The van der Waals surface area contributed by atoms with Gasteiger partial charge in [0.25, 0.3) is 0 Å². The second-order valence-corrected chi connectivity index (χ2v) is 9.18. The Balaban J connectivity index is 1.29. The molecule has 0 bridgehead atoms. The molecule has 0 unspecified atom stereocenters. The van der Waals surface area contributed by atoms with Crippen LogP contribution in [0.4, 0.5) is 15.9 Å². The fraction of sp³-hybridized carbons (Fsp3) is 0.296. The zero-order valence-corrected chi connectivity index (χ0v) is 20.0. The maximum absolute atomic E-state index is 13.3. The number of aromatic nitrogens is 3. The monoisotopic (exact) mass is 472 g/mol. The fourth-order valence-electron chi connectivity index (χ4n) is 4.54. The van der Waals surface area contributed by atoms with Gasteiger partial charge in [-0.15, -0.1) is 0 Å². The van der Waals surface area contributed by atoms with Crippen molar-refractivity contribution in [2.75, 3.05) is 37.0 Å². The van der Waals surface area contributed by atoms with E-state index in [0.717, 1.165) is 53.2 Å². The number of nitrogens with one attached hydrogen (secondary N) is 1. The molecule has 1 N–H and O–H groups in total. The highest BCUT2D eigenvalue weighted by Crippen LogP contribution is 2.28. The molecule has 1 aliphatic rings. The van der Waals surface area contributed by atoms with E-state index >= 15 is 0 Å². The molecule has 7 nitrogen and oxygen atoms in total. The van der Waals surface area contributed by atoms with Gasteiger partial charge >= 0.3 is 0 Å². The van der Waals surface area contributed by atoms with E-state index in [2.05, 4.69) is 37.3 Å². The minimum atomic E-state index is -0.275. The lowest BCUT2D eigenvalue weighted by Gasteiger charge is -2.33. The number of nitrogens with zero attached hydrogens (tertiary/aromatic N) is 5. The van der Waals surface area contributed by atoms with Crippen LogP contribution in [-0.4, -0.2) is 47.7 Å². The van der Waals surface area contributed by atoms with Crippen LogP contribution in [-0.2, 0) is 11.3 Å². The van der Waals surface area contributed by atoms with E-state index < -0.39 is 0 Å². The standard InChI is InChI=1S/C27H29FN6O/c1-32(2)23-11-5-19(6-12-23)17-30-27(35)21-4-3-14-33(18-21)26-25-16-24(31-34(25)15-13-29-26)20-7-9-22(28)10-8-20/h5-13,15-16,21H,3-4,14,17-18H2,1-2H3,(H,30,35)/t21-/m1/s1. The molecule has 1 saturated heterocycles. The summed E-state index contributed by atoms with van der Waals surface area (Å²) < 4.78 is 15.1. The van der Waals surface area contributed by atoms with Crippen LogP contribution in [0.25, 0.3) is 16.8 Å². The molecule has 0 radical (unpaired) electrons. The number of carbonyl (C=O) groups excluding carboxylic acids is 1. The number of benzene rings is 2. The van der Waals surface area contributed by atoms with E-state index in [1.807, 2.05) is 38.5 Å². The van der Waals surface area contributed by atoms with Gasteiger partial charge in [0.2, 0.25) is 5.91 Å². The summed E-state index contributed by atoms with van der Waals surface area (Å²) >= 11 is 0. The van der Waals surface area contributed by atoms with Gasteiger partial charge in [-0.05, 0) is 60.9 Å². The zero-order chi connectivity index (χ0) is 24.4. The maximum Gasteiger partial charge on any atom is 0.225 e. The largest absolute Gasteiger partial charge is 0.378 e. The van der Waals surface area contributed by atoms with E-state index in [9.17, 15) is 9.18 Å². The van der Waals surface area contributed by atoms with Crippen LogP contribution in [0.15, 0.2) is 67.0 Å². The minimum Gasteiger partial charge on any atom is -0.378 e. The summed E-state index contributed by atoms with van der Waals surface area (Å²) in [7, 11) is 4.02. The molecule has 1 atom stereocenters. The second kappa shape index (κ2) is 9.74. The Kier molecular flexibility index (Phi) is 6.35. The lowest BCUT2D eigenvalue weighted by atomic mass is 9.97. The third-order valence-corrected chi connectivity index (χ3v) is 6.52. The Hall–Kier alpha value is -3.94. The first-order valence-corrected chi connectivity index (χ1v) is 11.9. The second-order valence-electron chi connectivity index (χ2n) is 9.18. The van der Waals surface area contributed by atoms with Gasteiger partial charge in [-0.25, -0.2) is 13.9 Å².